The molecule has 1 aliphatic heterocycles. The van der Waals surface area contributed by atoms with Crippen LogP contribution in [0.25, 0.3) is 0 Å². The Morgan fingerprint density at radius 3 is 2.67 bits per heavy atom. The molecular formula is C11H18N2O2. The lowest BCUT2D eigenvalue weighted by atomic mass is 10.2. The fourth-order valence-corrected chi connectivity index (χ4v) is 2.10. The van der Waals surface area contributed by atoms with E-state index in [9.17, 15) is 9.59 Å². The molecule has 2 rings (SSSR count). The van der Waals surface area contributed by atoms with Crippen molar-refractivity contribution in [1.82, 2.24) is 10.2 Å². The highest BCUT2D eigenvalue weighted by Crippen LogP contribution is 2.27. The fourth-order valence-electron chi connectivity index (χ4n) is 2.10. The van der Waals surface area contributed by atoms with E-state index in [2.05, 4.69) is 5.32 Å². The second-order valence-corrected chi connectivity index (χ2v) is 4.56. The first-order valence-electron chi connectivity index (χ1n) is 5.73. The molecule has 0 spiro atoms. The van der Waals surface area contributed by atoms with Crippen molar-refractivity contribution in [3.8, 4) is 0 Å². The van der Waals surface area contributed by atoms with Crippen LogP contribution in [0.5, 0.6) is 0 Å². The minimum atomic E-state index is -0.207. The Balaban J connectivity index is 1.84. The van der Waals surface area contributed by atoms with Gasteiger partial charge in [0, 0.05) is 20.0 Å². The van der Waals surface area contributed by atoms with Gasteiger partial charge in [-0.2, -0.15) is 0 Å². The first-order chi connectivity index (χ1) is 7.18. The Labute approximate surface area is 90.0 Å². The van der Waals surface area contributed by atoms with Gasteiger partial charge < -0.3 is 10.2 Å². The molecule has 1 aliphatic carbocycles. The molecule has 0 unspecified atom stereocenters. The first-order valence-corrected chi connectivity index (χ1v) is 5.73. The maximum Gasteiger partial charge on any atom is 0.242 e. The number of hydrogen-bond acceptors (Lipinski definition) is 2. The van der Waals surface area contributed by atoms with Crippen molar-refractivity contribution in [3.05, 3.63) is 0 Å². The lowest BCUT2D eigenvalue weighted by molar-refractivity contribution is -0.136. The molecule has 15 heavy (non-hydrogen) atoms. The summed E-state index contributed by atoms with van der Waals surface area (Å²) < 4.78 is 0. The van der Waals surface area contributed by atoms with E-state index in [1.165, 1.54) is 19.8 Å². The smallest absolute Gasteiger partial charge is 0.242 e. The van der Waals surface area contributed by atoms with Gasteiger partial charge in [0.1, 0.15) is 6.04 Å². The molecule has 0 aromatic carbocycles. The van der Waals surface area contributed by atoms with Gasteiger partial charge >= 0.3 is 0 Å². The number of likely N-dealkylation sites (tertiary alicyclic amines) is 1. The summed E-state index contributed by atoms with van der Waals surface area (Å²) in [5, 5.41) is 2.94. The SMILES string of the molecule is CC(=O)N1CCC[C@@H]1C(=O)NCC1CC1. The first kappa shape index (κ1) is 10.5. The van der Waals surface area contributed by atoms with E-state index in [-0.39, 0.29) is 17.9 Å². The highest BCUT2D eigenvalue weighted by molar-refractivity contribution is 5.87. The largest absolute Gasteiger partial charge is 0.354 e. The monoisotopic (exact) mass is 210 g/mol. The summed E-state index contributed by atoms with van der Waals surface area (Å²) in [6.45, 7) is 3.06. The van der Waals surface area contributed by atoms with Gasteiger partial charge in [0.05, 0.1) is 0 Å². The van der Waals surface area contributed by atoms with E-state index < -0.39 is 0 Å². The molecule has 1 saturated heterocycles. The minimum Gasteiger partial charge on any atom is -0.354 e. The molecule has 0 aromatic heterocycles. The van der Waals surface area contributed by atoms with Crippen molar-refractivity contribution in [2.75, 3.05) is 13.1 Å². The average molecular weight is 210 g/mol. The van der Waals surface area contributed by atoms with Gasteiger partial charge in [-0.05, 0) is 31.6 Å². The van der Waals surface area contributed by atoms with Crippen LogP contribution in [0.3, 0.4) is 0 Å². The average Bonchev–Trinajstić information content (AvgIpc) is 2.88. The van der Waals surface area contributed by atoms with Gasteiger partial charge in [0.25, 0.3) is 0 Å². The molecule has 2 amide bonds. The number of carbonyl (C=O) groups is 2. The van der Waals surface area contributed by atoms with E-state index in [1.807, 2.05) is 0 Å². The minimum absolute atomic E-state index is 0.0130. The normalized spacial score (nSPS) is 25.4. The topological polar surface area (TPSA) is 49.4 Å². The van der Waals surface area contributed by atoms with E-state index >= 15 is 0 Å². The Bertz CT molecular complexity index is 274. The number of nitrogens with zero attached hydrogens (tertiary/aromatic N) is 1. The maximum atomic E-state index is 11.8. The number of rotatable bonds is 3. The summed E-state index contributed by atoms with van der Waals surface area (Å²) in [5.41, 5.74) is 0. The van der Waals surface area contributed by atoms with Crippen LogP contribution >= 0.6 is 0 Å². The Hall–Kier alpha value is -1.06. The van der Waals surface area contributed by atoms with Crippen molar-refractivity contribution in [3.63, 3.8) is 0 Å². The molecular weight excluding hydrogens is 192 g/mol. The molecule has 1 N–H and O–H groups in total. The van der Waals surface area contributed by atoms with Crippen LogP contribution in [0.1, 0.15) is 32.6 Å². The molecule has 0 radical (unpaired) electrons. The lowest BCUT2D eigenvalue weighted by Crippen LogP contribution is -2.45. The quantitative estimate of drug-likeness (QED) is 0.738. The van der Waals surface area contributed by atoms with Gasteiger partial charge in [-0.15, -0.1) is 0 Å². The summed E-state index contributed by atoms with van der Waals surface area (Å²) in [4.78, 5) is 24.7. The van der Waals surface area contributed by atoms with Crippen molar-refractivity contribution in [1.29, 1.82) is 0 Å². The highest BCUT2D eigenvalue weighted by atomic mass is 16.2. The van der Waals surface area contributed by atoms with Crippen molar-refractivity contribution < 1.29 is 9.59 Å². The van der Waals surface area contributed by atoms with Gasteiger partial charge in [0.15, 0.2) is 0 Å². The second kappa shape index (κ2) is 4.21. The molecule has 1 heterocycles. The molecule has 0 bridgehead atoms. The van der Waals surface area contributed by atoms with Crippen LogP contribution in [-0.4, -0.2) is 35.8 Å². The maximum absolute atomic E-state index is 11.8. The van der Waals surface area contributed by atoms with E-state index in [4.69, 9.17) is 0 Å². The molecule has 84 valence electrons. The van der Waals surface area contributed by atoms with E-state index in [1.54, 1.807) is 4.90 Å². The third kappa shape index (κ3) is 2.49. The van der Waals surface area contributed by atoms with Crippen LogP contribution in [-0.2, 0) is 9.59 Å². The number of hydrogen-bond donors (Lipinski definition) is 1. The number of nitrogens with one attached hydrogen (secondary N) is 1. The number of amides is 2. The zero-order chi connectivity index (χ0) is 10.8. The van der Waals surface area contributed by atoms with Crippen molar-refractivity contribution in [2.45, 2.75) is 38.6 Å². The lowest BCUT2D eigenvalue weighted by Gasteiger charge is -2.22. The zero-order valence-corrected chi connectivity index (χ0v) is 9.16. The van der Waals surface area contributed by atoms with Crippen LogP contribution in [0.2, 0.25) is 0 Å². The third-order valence-corrected chi connectivity index (χ3v) is 3.22. The number of carbonyl (C=O) groups excluding carboxylic acids is 2. The predicted octanol–water partition coefficient (Wildman–Crippen LogP) is 0.523. The summed E-state index contributed by atoms with van der Waals surface area (Å²) in [6.07, 6.45) is 4.24. The van der Waals surface area contributed by atoms with E-state index in [0.717, 1.165) is 25.9 Å². The summed E-state index contributed by atoms with van der Waals surface area (Å²) in [7, 11) is 0. The highest BCUT2D eigenvalue weighted by Gasteiger charge is 2.33. The molecule has 2 aliphatic rings. The summed E-state index contributed by atoms with van der Waals surface area (Å²) in [5.74, 6) is 0.745. The second-order valence-electron chi connectivity index (χ2n) is 4.56. The Morgan fingerprint density at radius 1 is 1.33 bits per heavy atom. The fraction of sp³-hybridized carbons (Fsp3) is 0.818. The molecule has 4 nitrogen and oxygen atoms in total. The zero-order valence-electron chi connectivity index (χ0n) is 9.16. The van der Waals surface area contributed by atoms with Gasteiger partial charge in [-0.3, -0.25) is 9.59 Å². The van der Waals surface area contributed by atoms with E-state index in [0.29, 0.717) is 5.92 Å². The van der Waals surface area contributed by atoms with Crippen molar-refractivity contribution >= 4 is 11.8 Å². The summed E-state index contributed by atoms with van der Waals surface area (Å²) in [6, 6.07) is -0.207. The van der Waals surface area contributed by atoms with Crippen LogP contribution in [0.15, 0.2) is 0 Å². The standard InChI is InChI=1S/C11H18N2O2/c1-8(14)13-6-2-3-10(13)11(15)12-7-9-4-5-9/h9-10H,2-7H2,1H3,(H,12,15)/t10-/m1/s1. The summed E-state index contributed by atoms with van der Waals surface area (Å²) >= 11 is 0. The van der Waals surface area contributed by atoms with Crippen molar-refractivity contribution in [2.24, 2.45) is 5.92 Å². The van der Waals surface area contributed by atoms with Gasteiger partial charge in [0.2, 0.25) is 11.8 Å². The van der Waals surface area contributed by atoms with Gasteiger partial charge in [-0.1, -0.05) is 0 Å². The molecule has 4 heteroatoms. The third-order valence-electron chi connectivity index (χ3n) is 3.22. The predicted molar refractivity (Wildman–Crippen MR) is 56.1 cm³/mol. The Kier molecular flexibility index (Phi) is 2.93. The van der Waals surface area contributed by atoms with Crippen LogP contribution < -0.4 is 5.32 Å². The molecule has 0 aromatic rings. The molecule has 2 fully saturated rings. The van der Waals surface area contributed by atoms with Gasteiger partial charge in [-0.25, -0.2) is 0 Å². The Morgan fingerprint density at radius 2 is 2.07 bits per heavy atom. The molecule has 1 atom stereocenters. The van der Waals surface area contributed by atoms with Crippen LogP contribution in [0.4, 0.5) is 0 Å². The molecule has 1 saturated carbocycles. The van der Waals surface area contributed by atoms with Crippen LogP contribution in [0, 0.1) is 5.92 Å².